The Morgan fingerprint density at radius 2 is 2.10 bits per heavy atom. The third-order valence-electron chi connectivity index (χ3n) is 6.70. The fourth-order valence-corrected chi connectivity index (χ4v) is 7.37. The topological polar surface area (TPSA) is 168 Å². The lowest BCUT2D eigenvalue weighted by Crippen LogP contribution is -2.45. The molecule has 1 saturated heterocycles. The fraction of sp³-hybridized carbons (Fsp3) is 0.478. The summed E-state index contributed by atoms with van der Waals surface area (Å²) in [5.74, 6) is 0.118. The molecule has 2 aliphatic rings. The summed E-state index contributed by atoms with van der Waals surface area (Å²) < 4.78 is 40.9. The number of anilines is 2. The number of esters is 1. The lowest BCUT2D eigenvalue weighted by atomic mass is 9.97. The van der Waals surface area contributed by atoms with E-state index in [0.717, 1.165) is 0 Å². The van der Waals surface area contributed by atoms with Crippen LogP contribution in [0.3, 0.4) is 0 Å². The maximum absolute atomic E-state index is 16.5. The minimum atomic E-state index is -3.55. The van der Waals surface area contributed by atoms with Crippen LogP contribution >= 0.6 is 6.64 Å². The Kier molecular flexibility index (Phi) is 7.02. The number of rotatable bonds is 10. The van der Waals surface area contributed by atoms with Crippen molar-refractivity contribution in [2.75, 3.05) is 24.7 Å². The smallest absolute Gasteiger partial charge is 0.323 e. The van der Waals surface area contributed by atoms with Crippen molar-refractivity contribution in [1.82, 2.24) is 24.6 Å². The first-order valence-electron chi connectivity index (χ1n) is 12.2. The Morgan fingerprint density at radius 3 is 2.72 bits per heavy atom. The van der Waals surface area contributed by atoms with Crippen LogP contribution in [-0.4, -0.2) is 73.8 Å². The molecule has 1 aliphatic heterocycles. The van der Waals surface area contributed by atoms with Gasteiger partial charge in [0, 0.05) is 7.05 Å². The van der Waals surface area contributed by atoms with Crippen LogP contribution in [0.15, 0.2) is 36.7 Å². The van der Waals surface area contributed by atoms with E-state index in [0.29, 0.717) is 17.1 Å². The standard InChI is InChI=1S/C23H29FN7O6PS/c1-5-34-19(32)12(2)30-38(39,36-13-9-7-6-8-10-13)37-16-15-23(16,33)22(3,24)20(35-15)31-11-27-14-17(26-4)28-21(25)29-18(14)31/h6-12,15-16,20,33H,5H2,1-4H3,(H,30,39)(H3,25,26,28,29)/t12-,15+,16?,20+,22-,23-,38?/m0/s1. The van der Waals surface area contributed by atoms with Gasteiger partial charge < -0.3 is 30.2 Å². The zero-order valence-electron chi connectivity index (χ0n) is 21.6. The van der Waals surface area contributed by atoms with E-state index in [4.69, 9.17) is 36.1 Å². The summed E-state index contributed by atoms with van der Waals surface area (Å²) in [6.45, 7) is 1.05. The van der Waals surface area contributed by atoms with Crippen LogP contribution in [-0.2, 0) is 30.6 Å². The first-order valence-corrected chi connectivity index (χ1v) is 14.8. The number of carbonyl (C=O) groups excluding carboxylic acids is 1. The Labute approximate surface area is 228 Å². The summed E-state index contributed by atoms with van der Waals surface area (Å²) in [5, 5.41) is 17.2. The third kappa shape index (κ3) is 4.62. The number of nitrogen functional groups attached to an aromatic ring is 1. The molecule has 39 heavy (non-hydrogen) atoms. The van der Waals surface area contributed by atoms with Crippen LogP contribution in [0.4, 0.5) is 16.2 Å². The van der Waals surface area contributed by atoms with Crippen molar-refractivity contribution in [2.24, 2.45) is 0 Å². The highest BCUT2D eigenvalue weighted by molar-refractivity contribution is 8.09. The Balaban J connectivity index is 1.41. The highest BCUT2D eigenvalue weighted by Crippen LogP contribution is 2.66. The van der Waals surface area contributed by atoms with E-state index in [1.807, 2.05) is 0 Å². The summed E-state index contributed by atoms with van der Waals surface area (Å²) in [6, 6.07) is 7.68. The number of aromatic nitrogens is 4. The van der Waals surface area contributed by atoms with E-state index >= 15 is 4.39 Å². The first kappa shape index (κ1) is 27.6. The second-order valence-electron chi connectivity index (χ2n) is 9.35. The maximum atomic E-state index is 16.5. The minimum absolute atomic E-state index is 0.0437. The van der Waals surface area contributed by atoms with Crippen molar-refractivity contribution in [3.8, 4) is 5.75 Å². The van der Waals surface area contributed by atoms with E-state index in [1.165, 1.54) is 17.8 Å². The van der Waals surface area contributed by atoms with Crippen molar-refractivity contribution in [3.05, 3.63) is 36.7 Å². The molecule has 0 radical (unpaired) electrons. The molecule has 7 atom stereocenters. The highest BCUT2D eigenvalue weighted by Gasteiger charge is 2.85. The number of hydrogen-bond donors (Lipinski definition) is 4. The molecular weight excluding hydrogens is 552 g/mol. The third-order valence-corrected chi connectivity index (χ3v) is 9.15. The molecule has 3 heterocycles. The number of ether oxygens (including phenoxy) is 2. The molecular formula is C23H29FN7O6PS. The van der Waals surface area contributed by atoms with Gasteiger partial charge in [0.15, 0.2) is 34.5 Å². The number of alkyl halides is 1. The van der Waals surface area contributed by atoms with Gasteiger partial charge in [0.1, 0.15) is 24.0 Å². The number of fused-ring (bicyclic) bond motifs is 2. The molecule has 16 heteroatoms. The number of carbonyl (C=O) groups is 1. The van der Waals surface area contributed by atoms with E-state index < -0.39 is 48.4 Å². The lowest BCUT2D eigenvalue weighted by Gasteiger charge is -2.32. The summed E-state index contributed by atoms with van der Waals surface area (Å²) in [6.07, 6.45) is -2.25. The predicted octanol–water partition coefficient (Wildman–Crippen LogP) is 2.05. The van der Waals surface area contributed by atoms with Gasteiger partial charge in [-0.2, -0.15) is 9.97 Å². The van der Waals surface area contributed by atoms with Crippen molar-refractivity contribution >= 4 is 47.3 Å². The molecule has 5 rings (SSSR count). The molecule has 0 bridgehead atoms. The van der Waals surface area contributed by atoms with Gasteiger partial charge in [-0.05, 0) is 44.7 Å². The minimum Gasteiger partial charge on any atom is -0.465 e. The molecule has 5 N–H and O–H groups in total. The zero-order chi connectivity index (χ0) is 28.2. The number of aliphatic hydroxyl groups is 1. The summed E-state index contributed by atoms with van der Waals surface area (Å²) in [5.41, 5.74) is 1.94. The van der Waals surface area contributed by atoms with E-state index in [9.17, 15) is 9.90 Å². The molecule has 3 aromatic rings. The van der Waals surface area contributed by atoms with Gasteiger partial charge in [0.25, 0.3) is 0 Å². The van der Waals surface area contributed by atoms with Crippen molar-refractivity contribution in [1.29, 1.82) is 0 Å². The molecule has 2 fully saturated rings. The van der Waals surface area contributed by atoms with Crippen LogP contribution in [0.5, 0.6) is 5.75 Å². The molecule has 0 amide bonds. The zero-order valence-corrected chi connectivity index (χ0v) is 23.3. The Morgan fingerprint density at radius 1 is 1.38 bits per heavy atom. The normalized spacial score (nSPS) is 29.8. The monoisotopic (exact) mass is 581 g/mol. The fourth-order valence-electron chi connectivity index (χ4n) is 4.66. The number of hydrogen-bond acceptors (Lipinski definition) is 12. The van der Waals surface area contributed by atoms with Gasteiger partial charge in [-0.15, -0.1) is 0 Å². The van der Waals surface area contributed by atoms with Crippen LogP contribution in [0.25, 0.3) is 11.2 Å². The molecule has 2 unspecified atom stereocenters. The molecule has 1 saturated carbocycles. The average Bonchev–Trinajstić information content (AvgIpc) is 3.14. The van der Waals surface area contributed by atoms with Gasteiger partial charge in [-0.3, -0.25) is 13.9 Å². The summed E-state index contributed by atoms with van der Waals surface area (Å²) >= 11 is 5.70. The van der Waals surface area contributed by atoms with E-state index in [2.05, 4.69) is 25.4 Å². The quantitative estimate of drug-likeness (QED) is 0.203. The number of nitrogens with zero attached hydrogens (tertiary/aromatic N) is 4. The molecule has 0 spiro atoms. The summed E-state index contributed by atoms with van der Waals surface area (Å²) in [4.78, 5) is 24.8. The number of imidazole rings is 1. The predicted molar refractivity (Wildman–Crippen MR) is 143 cm³/mol. The second kappa shape index (κ2) is 9.91. The van der Waals surface area contributed by atoms with Crippen LogP contribution in [0.2, 0.25) is 0 Å². The molecule has 13 nitrogen and oxygen atoms in total. The van der Waals surface area contributed by atoms with Crippen molar-refractivity contribution < 1.29 is 32.8 Å². The molecule has 210 valence electrons. The van der Waals surface area contributed by atoms with Gasteiger partial charge in [0.05, 0.1) is 12.9 Å². The van der Waals surface area contributed by atoms with E-state index in [1.54, 1.807) is 51.2 Å². The van der Waals surface area contributed by atoms with Crippen LogP contribution in [0.1, 0.15) is 27.0 Å². The van der Waals surface area contributed by atoms with Crippen LogP contribution in [0, 0.1) is 0 Å². The lowest BCUT2D eigenvalue weighted by molar-refractivity contribution is -0.144. The Hall–Kier alpha value is -2.94. The van der Waals surface area contributed by atoms with Gasteiger partial charge in [0.2, 0.25) is 5.95 Å². The van der Waals surface area contributed by atoms with Crippen molar-refractivity contribution in [2.45, 2.75) is 56.5 Å². The van der Waals surface area contributed by atoms with Crippen LogP contribution < -0.4 is 20.7 Å². The molecule has 1 aliphatic carbocycles. The summed E-state index contributed by atoms with van der Waals surface area (Å²) in [7, 11) is 1.64. The number of para-hydroxylation sites is 1. The number of nitrogens with one attached hydrogen (secondary N) is 2. The number of benzene rings is 1. The number of nitrogens with two attached hydrogens (primary N) is 1. The molecule has 1 aromatic carbocycles. The first-order chi connectivity index (χ1) is 18.4. The Bertz CT molecular complexity index is 1450. The van der Waals surface area contributed by atoms with E-state index in [-0.39, 0.29) is 18.2 Å². The molecule has 2 aromatic heterocycles. The number of halogens is 1. The average molecular weight is 582 g/mol. The van der Waals surface area contributed by atoms with Gasteiger partial charge in [-0.25, -0.2) is 14.5 Å². The second-order valence-corrected chi connectivity index (χ2v) is 12.4. The van der Waals surface area contributed by atoms with Gasteiger partial charge >= 0.3 is 12.6 Å². The highest BCUT2D eigenvalue weighted by atomic mass is 32.5. The van der Waals surface area contributed by atoms with Crippen molar-refractivity contribution in [3.63, 3.8) is 0 Å². The van der Waals surface area contributed by atoms with Gasteiger partial charge in [-0.1, -0.05) is 18.2 Å². The maximum Gasteiger partial charge on any atom is 0.323 e. The largest absolute Gasteiger partial charge is 0.465 e. The SMILES string of the molecule is CCOC(=O)[C@H](C)NP(=S)(Oc1ccccc1)OC1[C@H]2O[C@@H](n3cnc4c(NC)nc(N)nc43)[C@](C)(F)[C@@]12O.